The fraction of sp³-hybridized carbons (Fsp3) is 0.389. The molecule has 1 aromatic carbocycles. The monoisotopic (exact) mass is 363 g/mol. The number of thiophene rings is 1. The van der Waals surface area contributed by atoms with Crippen LogP contribution in [0, 0.1) is 0 Å². The molecular formula is C18H25N3O3S. The van der Waals surface area contributed by atoms with Crippen molar-refractivity contribution in [3.63, 3.8) is 0 Å². The van der Waals surface area contributed by atoms with Gasteiger partial charge in [-0.1, -0.05) is 6.07 Å². The number of guanidine groups is 1. The lowest BCUT2D eigenvalue weighted by atomic mass is 10.2. The fourth-order valence-electron chi connectivity index (χ4n) is 2.31. The lowest BCUT2D eigenvalue weighted by Crippen LogP contribution is -2.33. The number of aliphatic imine (C=N–C) groups is 1. The first-order valence-electron chi connectivity index (χ1n) is 8.11. The first-order valence-corrected chi connectivity index (χ1v) is 8.99. The zero-order chi connectivity index (χ0) is 18.1. The topological polar surface area (TPSA) is 78.1 Å². The van der Waals surface area contributed by atoms with Crippen LogP contribution in [0.4, 0.5) is 0 Å². The molecule has 0 spiro atoms. The second-order valence-corrected chi connectivity index (χ2v) is 6.25. The van der Waals surface area contributed by atoms with Gasteiger partial charge in [-0.2, -0.15) is 0 Å². The molecule has 2 rings (SSSR count). The van der Waals surface area contributed by atoms with Gasteiger partial charge in [-0.05, 0) is 42.5 Å². The van der Waals surface area contributed by atoms with E-state index in [2.05, 4.69) is 21.8 Å². The van der Waals surface area contributed by atoms with Gasteiger partial charge in [0, 0.05) is 11.4 Å². The summed E-state index contributed by atoms with van der Waals surface area (Å²) in [5, 5.41) is 5.20. The van der Waals surface area contributed by atoms with Crippen LogP contribution in [-0.2, 0) is 13.0 Å². The molecule has 0 bridgehead atoms. The molecule has 0 radical (unpaired) electrons. The smallest absolute Gasteiger partial charge is 0.203 e. The highest BCUT2D eigenvalue weighted by molar-refractivity contribution is 7.09. The van der Waals surface area contributed by atoms with Crippen LogP contribution in [0.25, 0.3) is 0 Å². The molecule has 136 valence electrons. The van der Waals surface area contributed by atoms with E-state index in [1.54, 1.807) is 25.6 Å². The van der Waals surface area contributed by atoms with Crippen molar-refractivity contribution in [1.82, 2.24) is 5.32 Å². The summed E-state index contributed by atoms with van der Waals surface area (Å²) in [4.78, 5) is 5.70. The van der Waals surface area contributed by atoms with Crippen molar-refractivity contribution in [3.8, 4) is 17.2 Å². The van der Waals surface area contributed by atoms with Gasteiger partial charge in [-0.15, -0.1) is 11.3 Å². The van der Waals surface area contributed by atoms with Crippen molar-refractivity contribution in [2.45, 2.75) is 19.9 Å². The molecule has 0 atom stereocenters. The summed E-state index contributed by atoms with van der Waals surface area (Å²) in [6.07, 6.45) is 0.929. The van der Waals surface area contributed by atoms with Crippen molar-refractivity contribution in [2.75, 3.05) is 27.4 Å². The number of nitrogens with two attached hydrogens (primary N) is 1. The molecule has 0 amide bonds. The number of hydrogen-bond acceptors (Lipinski definition) is 5. The van der Waals surface area contributed by atoms with Crippen molar-refractivity contribution in [2.24, 2.45) is 10.7 Å². The van der Waals surface area contributed by atoms with E-state index in [0.29, 0.717) is 36.4 Å². The molecule has 6 nitrogen and oxygen atoms in total. The van der Waals surface area contributed by atoms with E-state index in [-0.39, 0.29) is 0 Å². The number of ether oxygens (including phenoxy) is 3. The van der Waals surface area contributed by atoms with Crippen molar-refractivity contribution >= 4 is 17.3 Å². The lowest BCUT2D eigenvalue weighted by Gasteiger charge is -2.15. The molecular weight excluding hydrogens is 338 g/mol. The summed E-state index contributed by atoms with van der Waals surface area (Å²) < 4.78 is 16.4. The maximum absolute atomic E-state index is 5.93. The average molecular weight is 363 g/mol. The molecule has 25 heavy (non-hydrogen) atoms. The molecule has 3 N–H and O–H groups in total. The third-order valence-electron chi connectivity index (χ3n) is 3.50. The minimum atomic E-state index is 0.420. The van der Waals surface area contributed by atoms with Gasteiger partial charge in [0.1, 0.15) is 0 Å². The van der Waals surface area contributed by atoms with Crippen molar-refractivity contribution in [1.29, 1.82) is 0 Å². The minimum absolute atomic E-state index is 0.420. The van der Waals surface area contributed by atoms with Crippen LogP contribution in [0.2, 0.25) is 0 Å². The summed E-state index contributed by atoms with van der Waals surface area (Å²) >= 11 is 1.74. The number of hydrogen-bond donors (Lipinski definition) is 2. The van der Waals surface area contributed by atoms with Crippen LogP contribution >= 0.6 is 11.3 Å². The van der Waals surface area contributed by atoms with Gasteiger partial charge in [0.25, 0.3) is 0 Å². The first-order chi connectivity index (χ1) is 12.2. The first kappa shape index (κ1) is 18.9. The third-order valence-corrected chi connectivity index (χ3v) is 4.43. The maximum atomic E-state index is 5.93. The van der Waals surface area contributed by atoms with Gasteiger partial charge < -0.3 is 25.3 Å². The fourth-order valence-corrected chi connectivity index (χ4v) is 3.02. The van der Waals surface area contributed by atoms with Crippen LogP contribution in [0.3, 0.4) is 0 Å². The lowest BCUT2D eigenvalue weighted by molar-refractivity contribution is 0.288. The second-order valence-electron chi connectivity index (χ2n) is 5.22. The van der Waals surface area contributed by atoms with Crippen LogP contribution in [0.1, 0.15) is 17.4 Å². The van der Waals surface area contributed by atoms with E-state index in [4.69, 9.17) is 19.9 Å². The highest BCUT2D eigenvalue weighted by Gasteiger charge is 2.13. The van der Waals surface area contributed by atoms with Crippen LogP contribution in [-0.4, -0.2) is 33.3 Å². The minimum Gasteiger partial charge on any atom is -0.493 e. The number of benzene rings is 1. The predicted molar refractivity (Wildman–Crippen MR) is 102 cm³/mol. The van der Waals surface area contributed by atoms with Crippen LogP contribution in [0.15, 0.2) is 34.6 Å². The Bertz CT molecular complexity index is 662. The number of methoxy groups -OCH3 is 2. The van der Waals surface area contributed by atoms with Crippen LogP contribution in [0.5, 0.6) is 17.2 Å². The van der Waals surface area contributed by atoms with Gasteiger partial charge in [-0.3, -0.25) is 0 Å². The van der Waals surface area contributed by atoms with E-state index < -0.39 is 0 Å². The molecule has 1 heterocycles. The summed E-state index contributed by atoms with van der Waals surface area (Å²) in [6, 6.07) is 7.92. The summed E-state index contributed by atoms with van der Waals surface area (Å²) in [6.45, 7) is 3.63. The van der Waals surface area contributed by atoms with Crippen LogP contribution < -0.4 is 25.3 Å². The summed E-state index contributed by atoms with van der Waals surface area (Å²) in [5.74, 6) is 2.26. The maximum Gasteiger partial charge on any atom is 0.203 e. The second kappa shape index (κ2) is 9.78. The Morgan fingerprint density at radius 1 is 1.24 bits per heavy atom. The molecule has 2 aromatic rings. The SMILES string of the molecule is CCOc1c(OC)cc(CN=C(N)NCCc2cccs2)cc1OC. The number of rotatable bonds is 9. The molecule has 0 unspecified atom stereocenters. The van der Waals surface area contributed by atoms with Gasteiger partial charge in [0.15, 0.2) is 17.5 Å². The number of nitrogens with zero attached hydrogens (tertiary/aromatic N) is 1. The van der Waals surface area contributed by atoms with Gasteiger partial charge in [0.2, 0.25) is 5.75 Å². The molecule has 1 aromatic heterocycles. The zero-order valence-electron chi connectivity index (χ0n) is 14.9. The highest BCUT2D eigenvalue weighted by atomic mass is 32.1. The molecule has 0 fully saturated rings. The quantitative estimate of drug-likeness (QED) is 0.529. The van der Waals surface area contributed by atoms with Crippen molar-refractivity contribution in [3.05, 3.63) is 40.1 Å². The molecule has 0 saturated carbocycles. The largest absolute Gasteiger partial charge is 0.493 e. The molecule has 0 aliphatic carbocycles. The predicted octanol–water partition coefficient (Wildman–Crippen LogP) is 2.81. The normalized spacial score (nSPS) is 11.2. The molecule has 0 saturated heterocycles. The Morgan fingerprint density at radius 2 is 1.96 bits per heavy atom. The molecule has 0 aliphatic heterocycles. The van der Waals surface area contributed by atoms with Gasteiger partial charge in [0.05, 0.1) is 27.4 Å². The Morgan fingerprint density at radius 3 is 2.52 bits per heavy atom. The van der Waals surface area contributed by atoms with E-state index in [1.807, 2.05) is 25.1 Å². The third kappa shape index (κ3) is 5.56. The zero-order valence-corrected chi connectivity index (χ0v) is 15.7. The Kier molecular flexibility index (Phi) is 7.40. The Balaban J connectivity index is 1.98. The summed E-state index contributed by atoms with van der Waals surface area (Å²) in [5.41, 5.74) is 6.87. The van der Waals surface area contributed by atoms with E-state index in [0.717, 1.165) is 18.5 Å². The standard InChI is InChI=1S/C18H25N3O3S/c1-4-24-17-15(22-2)10-13(11-16(17)23-3)12-21-18(19)20-8-7-14-6-5-9-25-14/h5-6,9-11H,4,7-8,12H2,1-3H3,(H3,19,20,21). The Hall–Kier alpha value is -2.41. The van der Waals surface area contributed by atoms with Gasteiger partial charge in [-0.25, -0.2) is 4.99 Å². The summed E-state index contributed by atoms with van der Waals surface area (Å²) in [7, 11) is 3.20. The highest BCUT2D eigenvalue weighted by Crippen LogP contribution is 2.38. The Labute approximate surface area is 152 Å². The van der Waals surface area contributed by atoms with Crippen molar-refractivity contribution < 1.29 is 14.2 Å². The number of nitrogens with one attached hydrogen (secondary N) is 1. The van der Waals surface area contributed by atoms with Gasteiger partial charge >= 0.3 is 0 Å². The molecule has 7 heteroatoms. The average Bonchev–Trinajstić information content (AvgIpc) is 3.14. The molecule has 0 aliphatic rings. The van der Waals surface area contributed by atoms with E-state index >= 15 is 0 Å². The van der Waals surface area contributed by atoms with E-state index in [1.165, 1.54) is 4.88 Å². The van der Waals surface area contributed by atoms with E-state index in [9.17, 15) is 0 Å².